The van der Waals surface area contributed by atoms with E-state index in [9.17, 15) is 13.2 Å². The second kappa shape index (κ2) is 6.15. The Labute approximate surface area is 129 Å². The molecule has 116 valence electrons. The molecule has 1 aromatic heterocycles. The molecule has 0 atom stereocenters. The first-order valence-corrected chi connectivity index (χ1v) is 8.33. The van der Waals surface area contributed by atoms with Gasteiger partial charge in [-0.05, 0) is 31.2 Å². The van der Waals surface area contributed by atoms with Crippen LogP contribution in [0.3, 0.4) is 0 Å². The number of ether oxygens (including phenoxy) is 1. The van der Waals surface area contributed by atoms with Crippen LogP contribution in [0.2, 0.25) is 0 Å². The first-order valence-electron chi connectivity index (χ1n) is 6.44. The molecular formula is C15H16N2O4S. The summed E-state index contributed by atoms with van der Waals surface area (Å²) in [5, 5.41) is 2.70. The Morgan fingerprint density at radius 3 is 2.64 bits per heavy atom. The average molecular weight is 320 g/mol. The highest BCUT2D eigenvalue weighted by atomic mass is 32.2. The summed E-state index contributed by atoms with van der Waals surface area (Å²) in [6.07, 6.45) is 2.65. The zero-order valence-corrected chi connectivity index (χ0v) is 13.3. The molecule has 0 aliphatic heterocycles. The number of nitrogens with one attached hydrogen (secondary N) is 1. The van der Waals surface area contributed by atoms with Crippen LogP contribution in [0, 0.1) is 6.92 Å². The van der Waals surface area contributed by atoms with Gasteiger partial charge < -0.3 is 10.1 Å². The summed E-state index contributed by atoms with van der Waals surface area (Å²) >= 11 is 0. The number of pyridine rings is 1. The molecular weight excluding hydrogens is 304 g/mol. The highest BCUT2D eigenvalue weighted by molar-refractivity contribution is 7.90. The third kappa shape index (κ3) is 3.43. The summed E-state index contributed by atoms with van der Waals surface area (Å²) in [4.78, 5) is 16.5. The largest absolute Gasteiger partial charge is 0.493 e. The molecule has 1 amide bonds. The van der Waals surface area contributed by atoms with Gasteiger partial charge in [0.2, 0.25) is 0 Å². The number of aryl methyl sites for hydroxylation is 1. The quantitative estimate of drug-likeness (QED) is 0.932. The molecule has 1 N–H and O–H groups in total. The molecule has 0 radical (unpaired) electrons. The molecule has 0 spiro atoms. The van der Waals surface area contributed by atoms with Gasteiger partial charge in [0.1, 0.15) is 0 Å². The molecule has 0 aliphatic rings. The summed E-state index contributed by atoms with van der Waals surface area (Å²) in [6.45, 7) is 1.76. The fraction of sp³-hybridized carbons (Fsp3) is 0.200. The van der Waals surface area contributed by atoms with Gasteiger partial charge in [-0.25, -0.2) is 8.42 Å². The van der Waals surface area contributed by atoms with E-state index in [4.69, 9.17) is 4.74 Å². The molecule has 0 saturated heterocycles. The van der Waals surface area contributed by atoms with Crippen molar-refractivity contribution in [2.24, 2.45) is 0 Å². The molecule has 2 aromatic rings. The van der Waals surface area contributed by atoms with Gasteiger partial charge in [-0.3, -0.25) is 9.78 Å². The van der Waals surface area contributed by atoms with Crippen LogP contribution < -0.4 is 10.1 Å². The van der Waals surface area contributed by atoms with E-state index >= 15 is 0 Å². The smallest absolute Gasteiger partial charge is 0.255 e. The molecule has 0 saturated carbocycles. The highest BCUT2D eigenvalue weighted by Crippen LogP contribution is 2.26. The van der Waals surface area contributed by atoms with Crippen molar-refractivity contribution in [2.45, 2.75) is 11.8 Å². The number of benzene rings is 1. The van der Waals surface area contributed by atoms with E-state index in [2.05, 4.69) is 10.3 Å². The maximum absolute atomic E-state index is 12.3. The van der Waals surface area contributed by atoms with E-state index < -0.39 is 15.7 Å². The first kappa shape index (κ1) is 16.0. The second-order valence-corrected chi connectivity index (χ2v) is 6.75. The lowest BCUT2D eigenvalue weighted by molar-refractivity contribution is 0.102. The number of carbonyl (C=O) groups excluding carboxylic acids is 1. The topological polar surface area (TPSA) is 85.4 Å². The molecule has 0 unspecified atom stereocenters. The molecule has 0 aliphatic carbocycles. The fourth-order valence-corrected chi connectivity index (χ4v) is 2.64. The van der Waals surface area contributed by atoms with Crippen molar-refractivity contribution in [3.63, 3.8) is 0 Å². The predicted octanol–water partition coefficient (Wildman–Crippen LogP) is 2.05. The van der Waals surface area contributed by atoms with Crippen molar-refractivity contribution in [3.8, 4) is 5.75 Å². The Bertz CT molecular complexity index is 816. The third-order valence-corrected chi connectivity index (χ3v) is 4.17. The summed E-state index contributed by atoms with van der Waals surface area (Å²) < 4.78 is 28.3. The Morgan fingerprint density at radius 1 is 1.27 bits per heavy atom. The number of sulfone groups is 1. The van der Waals surface area contributed by atoms with Crippen molar-refractivity contribution >= 4 is 21.4 Å². The Hall–Kier alpha value is -2.41. The Kier molecular flexibility index (Phi) is 4.46. The fourth-order valence-electron chi connectivity index (χ4n) is 1.97. The van der Waals surface area contributed by atoms with E-state index in [0.29, 0.717) is 17.1 Å². The van der Waals surface area contributed by atoms with E-state index in [1.54, 1.807) is 25.3 Å². The minimum absolute atomic E-state index is 0.0954. The number of hydrogen-bond donors (Lipinski definition) is 1. The van der Waals surface area contributed by atoms with Gasteiger partial charge in [0.25, 0.3) is 5.91 Å². The van der Waals surface area contributed by atoms with E-state index in [-0.39, 0.29) is 10.5 Å². The zero-order chi connectivity index (χ0) is 16.3. The third-order valence-electron chi connectivity index (χ3n) is 3.06. The van der Waals surface area contributed by atoms with Gasteiger partial charge in [0, 0.05) is 18.0 Å². The van der Waals surface area contributed by atoms with E-state index in [0.717, 1.165) is 6.26 Å². The Morgan fingerprint density at radius 2 is 2.00 bits per heavy atom. The monoisotopic (exact) mass is 320 g/mol. The predicted molar refractivity (Wildman–Crippen MR) is 83.0 cm³/mol. The normalized spacial score (nSPS) is 11.0. The van der Waals surface area contributed by atoms with E-state index in [1.807, 2.05) is 0 Å². The summed E-state index contributed by atoms with van der Waals surface area (Å²) in [5.74, 6) is 0.0458. The van der Waals surface area contributed by atoms with Gasteiger partial charge in [0.05, 0.1) is 23.4 Å². The van der Waals surface area contributed by atoms with Crippen molar-refractivity contribution < 1.29 is 17.9 Å². The van der Waals surface area contributed by atoms with Gasteiger partial charge in [0.15, 0.2) is 15.6 Å². The number of rotatable bonds is 4. The maximum Gasteiger partial charge on any atom is 0.255 e. The minimum atomic E-state index is -3.37. The molecule has 2 rings (SSSR count). The number of amides is 1. The highest BCUT2D eigenvalue weighted by Gasteiger charge is 2.14. The van der Waals surface area contributed by atoms with Gasteiger partial charge in [-0.1, -0.05) is 6.07 Å². The van der Waals surface area contributed by atoms with Crippen LogP contribution in [-0.2, 0) is 9.84 Å². The number of carbonyl (C=O) groups is 1. The van der Waals surface area contributed by atoms with Gasteiger partial charge >= 0.3 is 0 Å². The van der Waals surface area contributed by atoms with Crippen LogP contribution in [0.4, 0.5) is 5.69 Å². The van der Waals surface area contributed by atoms with Crippen LogP contribution in [0.25, 0.3) is 0 Å². The van der Waals surface area contributed by atoms with Gasteiger partial charge in [-0.2, -0.15) is 0 Å². The zero-order valence-electron chi connectivity index (χ0n) is 12.5. The second-order valence-electron chi connectivity index (χ2n) is 4.73. The number of hydrogen-bond acceptors (Lipinski definition) is 5. The lowest BCUT2D eigenvalue weighted by atomic mass is 10.2. The summed E-state index contributed by atoms with van der Waals surface area (Å²) in [5.41, 5.74) is 1.37. The van der Waals surface area contributed by atoms with Crippen LogP contribution in [0.15, 0.2) is 41.4 Å². The number of methoxy groups -OCH3 is 1. The molecule has 22 heavy (non-hydrogen) atoms. The minimum Gasteiger partial charge on any atom is -0.493 e. The molecule has 7 heteroatoms. The molecule has 6 nitrogen and oxygen atoms in total. The van der Waals surface area contributed by atoms with Crippen LogP contribution in [0.1, 0.15) is 16.1 Å². The standard InChI is InChI=1S/C15H16N2O4S/c1-10-14(21-2)13(7-8-16-10)17-15(18)11-5-4-6-12(9-11)22(3,19)20/h4-9H,1-3H3,(H,16,17,18). The van der Waals surface area contributed by atoms with E-state index in [1.165, 1.54) is 25.3 Å². The van der Waals surface area contributed by atoms with Gasteiger partial charge in [-0.15, -0.1) is 0 Å². The van der Waals surface area contributed by atoms with Crippen LogP contribution in [-0.4, -0.2) is 32.7 Å². The summed E-state index contributed by atoms with van der Waals surface area (Å²) in [7, 11) is -1.88. The van der Waals surface area contributed by atoms with Crippen LogP contribution >= 0.6 is 0 Å². The van der Waals surface area contributed by atoms with Crippen molar-refractivity contribution in [1.82, 2.24) is 4.98 Å². The van der Waals surface area contributed by atoms with Crippen molar-refractivity contribution in [1.29, 1.82) is 0 Å². The van der Waals surface area contributed by atoms with Crippen molar-refractivity contribution in [2.75, 3.05) is 18.7 Å². The average Bonchev–Trinajstić information content (AvgIpc) is 2.47. The Balaban J connectivity index is 2.33. The molecule has 1 aromatic carbocycles. The number of aromatic nitrogens is 1. The number of anilines is 1. The summed E-state index contributed by atoms with van der Waals surface area (Å²) in [6, 6.07) is 7.48. The van der Waals surface area contributed by atoms with Crippen molar-refractivity contribution in [3.05, 3.63) is 47.8 Å². The molecule has 0 fully saturated rings. The molecule has 0 bridgehead atoms. The molecule has 1 heterocycles. The number of nitrogens with zero attached hydrogens (tertiary/aromatic N) is 1. The lowest BCUT2D eigenvalue weighted by Crippen LogP contribution is -2.14. The van der Waals surface area contributed by atoms with Crippen LogP contribution in [0.5, 0.6) is 5.75 Å². The maximum atomic E-state index is 12.3. The lowest BCUT2D eigenvalue weighted by Gasteiger charge is -2.12. The first-order chi connectivity index (χ1) is 10.3. The SMILES string of the molecule is COc1c(NC(=O)c2cccc(S(C)(=O)=O)c2)ccnc1C.